The molecule has 1 heterocycles. The Bertz CT molecular complexity index is 424. The molecule has 0 bridgehead atoms. The van der Waals surface area contributed by atoms with Crippen molar-refractivity contribution < 1.29 is 14.4 Å². The van der Waals surface area contributed by atoms with Crippen LogP contribution in [-0.4, -0.2) is 73.3 Å². The van der Waals surface area contributed by atoms with Gasteiger partial charge in [-0.1, -0.05) is 20.8 Å². The summed E-state index contributed by atoms with van der Waals surface area (Å²) >= 11 is 0. The van der Waals surface area contributed by atoms with E-state index in [2.05, 4.69) is 15.5 Å². The molecule has 3 amide bonds. The van der Waals surface area contributed by atoms with Crippen LogP contribution >= 0.6 is 0 Å². The van der Waals surface area contributed by atoms with Gasteiger partial charge < -0.3 is 15.5 Å². The first-order chi connectivity index (χ1) is 10.7. The van der Waals surface area contributed by atoms with Crippen molar-refractivity contribution in [1.29, 1.82) is 0 Å². The highest BCUT2D eigenvalue weighted by molar-refractivity contribution is 5.82. The summed E-state index contributed by atoms with van der Waals surface area (Å²) < 4.78 is 0. The number of rotatable bonds is 6. The standard InChI is InChI=1S/C16H30N4O3/c1-5-17-13(21)12-19-8-10-20(11-9-19)14(22)6-7-18-15(23)16(2,3)4/h5-12H2,1-4H3,(H,17,21)(H,18,23). The molecule has 7 nitrogen and oxygen atoms in total. The predicted molar refractivity (Wildman–Crippen MR) is 88.8 cm³/mol. The van der Waals surface area contributed by atoms with E-state index in [1.54, 1.807) is 4.90 Å². The molecule has 2 N–H and O–H groups in total. The fourth-order valence-electron chi connectivity index (χ4n) is 2.32. The monoisotopic (exact) mass is 326 g/mol. The highest BCUT2D eigenvalue weighted by Gasteiger charge is 2.23. The van der Waals surface area contributed by atoms with Crippen LogP contribution in [0.3, 0.4) is 0 Å². The zero-order valence-electron chi connectivity index (χ0n) is 14.8. The van der Waals surface area contributed by atoms with Crippen LogP contribution in [0.25, 0.3) is 0 Å². The van der Waals surface area contributed by atoms with Crippen molar-refractivity contribution in [2.45, 2.75) is 34.1 Å². The molecule has 0 saturated carbocycles. The summed E-state index contributed by atoms with van der Waals surface area (Å²) in [5, 5.41) is 5.57. The predicted octanol–water partition coefficient (Wildman–Crippen LogP) is -0.181. The summed E-state index contributed by atoms with van der Waals surface area (Å²) in [6.07, 6.45) is 0.318. The van der Waals surface area contributed by atoms with Crippen LogP contribution in [0.15, 0.2) is 0 Å². The molecular weight excluding hydrogens is 296 g/mol. The zero-order valence-corrected chi connectivity index (χ0v) is 14.8. The highest BCUT2D eigenvalue weighted by atomic mass is 16.2. The lowest BCUT2D eigenvalue weighted by Crippen LogP contribution is -2.51. The Morgan fingerprint density at radius 1 is 1.00 bits per heavy atom. The minimum absolute atomic E-state index is 0.0252. The van der Waals surface area contributed by atoms with Gasteiger partial charge in [0.15, 0.2) is 0 Å². The number of amides is 3. The Balaban J connectivity index is 2.25. The first-order valence-electron chi connectivity index (χ1n) is 8.29. The third-order valence-electron chi connectivity index (χ3n) is 3.77. The van der Waals surface area contributed by atoms with Crippen LogP contribution in [0.4, 0.5) is 0 Å². The second kappa shape index (κ2) is 8.86. The molecule has 0 aromatic rings. The Labute approximate surface area is 138 Å². The van der Waals surface area contributed by atoms with Crippen molar-refractivity contribution >= 4 is 17.7 Å². The average Bonchev–Trinajstić information content (AvgIpc) is 2.47. The lowest BCUT2D eigenvalue weighted by Gasteiger charge is -2.34. The van der Waals surface area contributed by atoms with Gasteiger partial charge in [-0.15, -0.1) is 0 Å². The largest absolute Gasteiger partial charge is 0.355 e. The van der Waals surface area contributed by atoms with E-state index in [0.717, 1.165) is 0 Å². The van der Waals surface area contributed by atoms with Gasteiger partial charge in [0.25, 0.3) is 0 Å². The van der Waals surface area contributed by atoms with Crippen LogP contribution in [0.2, 0.25) is 0 Å². The number of hydrogen-bond acceptors (Lipinski definition) is 4. The Kier molecular flexibility index (Phi) is 7.48. The Morgan fingerprint density at radius 3 is 2.13 bits per heavy atom. The number of piperazine rings is 1. The molecule has 1 aliphatic rings. The molecule has 0 radical (unpaired) electrons. The van der Waals surface area contributed by atoms with Gasteiger partial charge in [-0.3, -0.25) is 19.3 Å². The van der Waals surface area contributed by atoms with Gasteiger partial charge in [-0.2, -0.15) is 0 Å². The number of nitrogens with zero attached hydrogens (tertiary/aromatic N) is 2. The van der Waals surface area contributed by atoms with E-state index in [9.17, 15) is 14.4 Å². The Morgan fingerprint density at radius 2 is 1.61 bits per heavy atom. The van der Waals surface area contributed by atoms with Gasteiger partial charge in [0.1, 0.15) is 0 Å². The van der Waals surface area contributed by atoms with E-state index in [-0.39, 0.29) is 17.7 Å². The maximum atomic E-state index is 12.1. The third kappa shape index (κ3) is 6.99. The molecule has 0 unspecified atom stereocenters. The second-order valence-corrected chi connectivity index (χ2v) is 6.87. The van der Waals surface area contributed by atoms with Crippen LogP contribution in [0.1, 0.15) is 34.1 Å². The summed E-state index contributed by atoms with van der Waals surface area (Å²) in [4.78, 5) is 39.3. The smallest absolute Gasteiger partial charge is 0.234 e. The minimum Gasteiger partial charge on any atom is -0.355 e. The van der Waals surface area contributed by atoms with E-state index in [0.29, 0.717) is 52.2 Å². The summed E-state index contributed by atoms with van der Waals surface area (Å²) in [5.74, 6) is 0.0334. The van der Waals surface area contributed by atoms with Gasteiger partial charge in [0.05, 0.1) is 6.54 Å². The minimum atomic E-state index is -0.437. The second-order valence-electron chi connectivity index (χ2n) is 6.87. The molecule has 1 rings (SSSR count). The maximum Gasteiger partial charge on any atom is 0.234 e. The molecule has 0 spiro atoms. The molecule has 132 valence electrons. The summed E-state index contributed by atoms with van der Waals surface area (Å²) in [7, 11) is 0. The van der Waals surface area contributed by atoms with E-state index in [1.807, 2.05) is 27.7 Å². The maximum absolute atomic E-state index is 12.1. The summed E-state index contributed by atoms with van der Waals surface area (Å²) in [5.41, 5.74) is -0.437. The number of nitrogens with one attached hydrogen (secondary N) is 2. The molecular formula is C16H30N4O3. The molecule has 0 aliphatic carbocycles. The molecule has 7 heteroatoms. The normalized spacial score (nSPS) is 16.1. The van der Waals surface area contributed by atoms with Gasteiger partial charge in [0.2, 0.25) is 17.7 Å². The van der Waals surface area contributed by atoms with Gasteiger partial charge in [-0.05, 0) is 6.92 Å². The first kappa shape index (κ1) is 19.4. The average molecular weight is 326 g/mol. The van der Waals surface area contributed by atoms with Crippen LogP contribution in [0, 0.1) is 5.41 Å². The molecule has 1 aliphatic heterocycles. The lowest BCUT2D eigenvalue weighted by molar-refractivity contribution is -0.133. The molecule has 0 atom stereocenters. The van der Waals surface area contributed by atoms with Crippen molar-refractivity contribution in [3.8, 4) is 0 Å². The third-order valence-corrected chi connectivity index (χ3v) is 3.77. The fourth-order valence-corrected chi connectivity index (χ4v) is 2.32. The van der Waals surface area contributed by atoms with E-state index in [4.69, 9.17) is 0 Å². The summed E-state index contributed by atoms with van der Waals surface area (Å²) in [6.45, 7) is 11.5. The van der Waals surface area contributed by atoms with Crippen molar-refractivity contribution in [3.05, 3.63) is 0 Å². The topological polar surface area (TPSA) is 81.8 Å². The number of carbonyl (C=O) groups is 3. The van der Waals surface area contributed by atoms with Gasteiger partial charge in [0, 0.05) is 51.1 Å². The van der Waals surface area contributed by atoms with Gasteiger partial charge >= 0.3 is 0 Å². The van der Waals surface area contributed by atoms with Gasteiger partial charge in [-0.25, -0.2) is 0 Å². The molecule has 0 aromatic heterocycles. The van der Waals surface area contributed by atoms with Crippen LogP contribution in [0.5, 0.6) is 0 Å². The first-order valence-corrected chi connectivity index (χ1v) is 8.29. The SMILES string of the molecule is CCNC(=O)CN1CCN(C(=O)CCNC(=O)C(C)(C)C)CC1. The molecule has 0 aromatic carbocycles. The van der Waals surface area contributed by atoms with Crippen molar-refractivity contribution in [3.63, 3.8) is 0 Å². The van der Waals surface area contributed by atoms with Crippen molar-refractivity contribution in [1.82, 2.24) is 20.4 Å². The van der Waals surface area contributed by atoms with Crippen molar-refractivity contribution in [2.24, 2.45) is 5.41 Å². The van der Waals surface area contributed by atoms with Crippen LogP contribution < -0.4 is 10.6 Å². The number of likely N-dealkylation sites (N-methyl/N-ethyl adjacent to an activating group) is 1. The molecule has 1 saturated heterocycles. The Hall–Kier alpha value is -1.63. The summed E-state index contributed by atoms with van der Waals surface area (Å²) in [6, 6.07) is 0. The van der Waals surface area contributed by atoms with E-state index in [1.165, 1.54) is 0 Å². The molecule has 1 fully saturated rings. The lowest BCUT2D eigenvalue weighted by atomic mass is 9.96. The fraction of sp³-hybridized carbons (Fsp3) is 0.812. The number of hydrogen-bond donors (Lipinski definition) is 2. The zero-order chi connectivity index (χ0) is 17.5. The highest BCUT2D eigenvalue weighted by Crippen LogP contribution is 2.12. The quantitative estimate of drug-likeness (QED) is 0.709. The van der Waals surface area contributed by atoms with E-state index < -0.39 is 5.41 Å². The van der Waals surface area contributed by atoms with Crippen molar-refractivity contribution in [2.75, 3.05) is 45.8 Å². The molecule has 23 heavy (non-hydrogen) atoms. The van der Waals surface area contributed by atoms with Crippen LogP contribution in [-0.2, 0) is 14.4 Å². The van der Waals surface area contributed by atoms with E-state index >= 15 is 0 Å². The number of carbonyl (C=O) groups excluding carboxylic acids is 3.